The van der Waals surface area contributed by atoms with Gasteiger partial charge in [-0.1, -0.05) is 39.0 Å². The van der Waals surface area contributed by atoms with E-state index in [0.29, 0.717) is 37.3 Å². The highest BCUT2D eigenvalue weighted by molar-refractivity contribution is 7.89. The molecule has 1 aliphatic rings. The van der Waals surface area contributed by atoms with Crippen molar-refractivity contribution in [1.29, 1.82) is 0 Å². The van der Waals surface area contributed by atoms with Crippen molar-refractivity contribution in [3.8, 4) is 11.5 Å². The Balaban J connectivity index is 1.67. The number of carbonyl (C=O) groups is 1. The van der Waals surface area contributed by atoms with Gasteiger partial charge in [-0.25, -0.2) is 8.42 Å². The average molecular weight is 475 g/mol. The fourth-order valence-electron chi connectivity index (χ4n) is 3.91. The van der Waals surface area contributed by atoms with Crippen LogP contribution in [0.5, 0.6) is 11.5 Å². The highest BCUT2D eigenvalue weighted by atomic mass is 32.2. The second kappa shape index (κ2) is 11.0. The number of para-hydroxylation sites is 1. The molecule has 2 aromatic rings. The minimum Gasteiger partial charge on any atom is -0.496 e. The van der Waals surface area contributed by atoms with Crippen LogP contribution in [0.4, 0.5) is 0 Å². The molecule has 0 aromatic heterocycles. The fraction of sp³-hybridized carbons (Fsp3) is 0.480. The molecule has 1 saturated heterocycles. The number of benzene rings is 2. The zero-order valence-corrected chi connectivity index (χ0v) is 20.7. The molecule has 8 heteroatoms. The summed E-state index contributed by atoms with van der Waals surface area (Å²) < 4.78 is 38.9. The predicted octanol–water partition coefficient (Wildman–Crippen LogP) is 4.05. The Labute approximate surface area is 197 Å². The van der Waals surface area contributed by atoms with Gasteiger partial charge in [0.25, 0.3) is 5.91 Å². The summed E-state index contributed by atoms with van der Waals surface area (Å²) in [5.74, 6) is 1.56. The van der Waals surface area contributed by atoms with E-state index in [2.05, 4.69) is 26.1 Å². The van der Waals surface area contributed by atoms with Gasteiger partial charge < -0.3 is 14.8 Å². The Kier molecular flexibility index (Phi) is 8.37. The quantitative estimate of drug-likeness (QED) is 0.554. The van der Waals surface area contributed by atoms with Crippen molar-refractivity contribution < 1.29 is 22.7 Å². The van der Waals surface area contributed by atoms with E-state index in [1.807, 2.05) is 24.3 Å². The number of piperidine rings is 1. The Hall–Kier alpha value is -2.58. The highest BCUT2D eigenvalue weighted by Gasteiger charge is 2.29. The Morgan fingerprint density at radius 1 is 1.12 bits per heavy atom. The summed E-state index contributed by atoms with van der Waals surface area (Å²) in [7, 11) is -2.21. The van der Waals surface area contributed by atoms with Crippen LogP contribution in [0.3, 0.4) is 0 Å². The highest BCUT2D eigenvalue weighted by Crippen LogP contribution is 2.28. The van der Waals surface area contributed by atoms with Gasteiger partial charge in [0, 0.05) is 13.1 Å². The SMILES string of the molecule is COc1ccc(S(=O)(=O)N2CCC(C)CC2)cc1C(=O)NCCOc1ccccc1C(C)C. The van der Waals surface area contributed by atoms with E-state index in [9.17, 15) is 13.2 Å². The number of carbonyl (C=O) groups excluding carboxylic acids is 1. The minimum atomic E-state index is -3.67. The molecule has 1 heterocycles. The van der Waals surface area contributed by atoms with Crippen LogP contribution in [0.15, 0.2) is 47.4 Å². The Morgan fingerprint density at radius 2 is 1.82 bits per heavy atom. The average Bonchev–Trinajstić information content (AvgIpc) is 2.81. The first-order chi connectivity index (χ1) is 15.7. The zero-order valence-electron chi connectivity index (χ0n) is 19.8. The van der Waals surface area contributed by atoms with Crippen LogP contribution in [0.1, 0.15) is 55.5 Å². The molecule has 1 amide bonds. The number of rotatable bonds is 9. The number of nitrogens with one attached hydrogen (secondary N) is 1. The van der Waals surface area contributed by atoms with Crippen LogP contribution in [-0.2, 0) is 10.0 Å². The fourth-order valence-corrected chi connectivity index (χ4v) is 5.41. The van der Waals surface area contributed by atoms with Crippen LogP contribution in [-0.4, -0.2) is 52.0 Å². The number of methoxy groups -OCH3 is 1. The molecule has 0 atom stereocenters. The molecule has 180 valence electrons. The zero-order chi connectivity index (χ0) is 24.0. The van der Waals surface area contributed by atoms with Gasteiger partial charge in [-0.2, -0.15) is 4.31 Å². The maximum Gasteiger partial charge on any atom is 0.255 e. The number of amides is 1. The van der Waals surface area contributed by atoms with Gasteiger partial charge >= 0.3 is 0 Å². The standard InChI is InChI=1S/C25H34N2O5S/c1-18(2)21-7-5-6-8-24(21)32-16-13-26-25(28)22-17-20(9-10-23(22)31-4)33(29,30)27-14-11-19(3)12-15-27/h5-10,17-19H,11-16H2,1-4H3,(H,26,28). The number of hydrogen-bond donors (Lipinski definition) is 1. The molecule has 0 spiro atoms. The minimum absolute atomic E-state index is 0.102. The molecule has 0 radical (unpaired) electrons. The van der Waals surface area contributed by atoms with E-state index in [0.717, 1.165) is 24.2 Å². The molecule has 0 saturated carbocycles. The lowest BCUT2D eigenvalue weighted by Crippen LogP contribution is -2.38. The molecule has 0 bridgehead atoms. The van der Waals surface area contributed by atoms with Crippen LogP contribution in [0.2, 0.25) is 0 Å². The van der Waals surface area contributed by atoms with Crippen molar-refractivity contribution in [2.75, 3.05) is 33.4 Å². The lowest BCUT2D eigenvalue weighted by Gasteiger charge is -2.29. The molecule has 1 fully saturated rings. The van der Waals surface area contributed by atoms with Crippen molar-refractivity contribution >= 4 is 15.9 Å². The third kappa shape index (κ3) is 6.06. The number of nitrogens with zero attached hydrogens (tertiary/aromatic N) is 1. The summed E-state index contributed by atoms with van der Waals surface area (Å²) in [5, 5.41) is 2.80. The Morgan fingerprint density at radius 3 is 2.48 bits per heavy atom. The van der Waals surface area contributed by atoms with Gasteiger partial charge in [0.15, 0.2) is 0 Å². The smallest absolute Gasteiger partial charge is 0.255 e. The van der Waals surface area contributed by atoms with Crippen LogP contribution >= 0.6 is 0 Å². The lowest BCUT2D eigenvalue weighted by atomic mass is 10.0. The van der Waals surface area contributed by atoms with E-state index in [1.54, 1.807) is 0 Å². The molecule has 1 aliphatic heterocycles. The summed E-state index contributed by atoms with van der Waals surface area (Å²) in [5.41, 5.74) is 1.29. The molecule has 0 unspecified atom stereocenters. The molecule has 0 aliphatic carbocycles. The van der Waals surface area contributed by atoms with E-state index >= 15 is 0 Å². The lowest BCUT2D eigenvalue weighted by molar-refractivity contribution is 0.0943. The second-order valence-corrected chi connectivity index (χ2v) is 10.7. The van der Waals surface area contributed by atoms with Gasteiger partial charge in [-0.15, -0.1) is 0 Å². The van der Waals surface area contributed by atoms with Gasteiger partial charge in [0.2, 0.25) is 10.0 Å². The summed E-state index contributed by atoms with van der Waals surface area (Å²) in [4.78, 5) is 13.0. The largest absolute Gasteiger partial charge is 0.496 e. The summed E-state index contributed by atoms with van der Waals surface area (Å²) >= 11 is 0. The van der Waals surface area contributed by atoms with Crippen LogP contribution in [0.25, 0.3) is 0 Å². The van der Waals surface area contributed by atoms with Gasteiger partial charge in [0.05, 0.1) is 24.1 Å². The number of sulfonamides is 1. The maximum absolute atomic E-state index is 13.1. The molecule has 3 rings (SSSR count). The third-order valence-electron chi connectivity index (χ3n) is 5.98. The van der Waals surface area contributed by atoms with E-state index < -0.39 is 15.9 Å². The van der Waals surface area contributed by atoms with Gasteiger partial charge in [0.1, 0.15) is 18.1 Å². The Bertz CT molecular complexity index is 1060. The van der Waals surface area contributed by atoms with Crippen molar-refractivity contribution in [1.82, 2.24) is 9.62 Å². The maximum atomic E-state index is 13.1. The van der Waals surface area contributed by atoms with Gasteiger partial charge in [-0.3, -0.25) is 4.79 Å². The van der Waals surface area contributed by atoms with Crippen molar-refractivity contribution in [3.05, 3.63) is 53.6 Å². The summed E-state index contributed by atoms with van der Waals surface area (Å²) in [6, 6.07) is 12.3. The van der Waals surface area contributed by atoms with Crippen LogP contribution in [0, 0.1) is 5.92 Å². The molecule has 1 N–H and O–H groups in total. The number of ether oxygens (including phenoxy) is 2. The van der Waals surface area contributed by atoms with Gasteiger partial charge in [-0.05, 0) is 54.5 Å². The molecule has 2 aromatic carbocycles. The van der Waals surface area contributed by atoms with Crippen molar-refractivity contribution in [3.63, 3.8) is 0 Å². The summed E-state index contributed by atoms with van der Waals surface area (Å²) in [6.07, 6.45) is 1.67. The first-order valence-electron chi connectivity index (χ1n) is 11.4. The van der Waals surface area contributed by atoms with Crippen molar-refractivity contribution in [2.24, 2.45) is 5.92 Å². The van der Waals surface area contributed by atoms with Crippen LogP contribution < -0.4 is 14.8 Å². The summed E-state index contributed by atoms with van der Waals surface area (Å²) in [6.45, 7) is 7.88. The molecular formula is C25H34N2O5S. The van der Waals surface area contributed by atoms with Crippen molar-refractivity contribution in [2.45, 2.75) is 44.4 Å². The molecular weight excluding hydrogens is 440 g/mol. The van der Waals surface area contributed by atoms with E-state index in [1.165, 1.54) is 29.6 Å². The predicted molar refractivity (Wildman–Crippen MR) is 129 cm³/mol. The van der Waals surface area contributed by atoms with E-state index in [4.69, 9.17) is 9.47 Å². The van der Waals surface area contributed by atoms with E-state index in [-0.39, 0.29) is 17.0 Å². The molecule has 7 nitrogen and oxygen atoms in total. The normalized spacial score (nSPS) is 15.4. The molecule has 33 heavy (non-hydrogen) atoms. The third-order valence-corrected chi connectivity index (χ3v) is 7.88. The number of hydrogen-bond acceptors (Lipinski definition) is 5. The topological polar surface area (TPSA) is 84.9 Å². The first kappa shape index (κ1) is 25.1. The second-order valence-electron chi connectivity index (χ2n) is 8.75. The monoisotopic (exact) mass is 474 g/mol. The first-order valence-corrected chi connectivity index (χ1v) is 12.9.